The van der Waals surface area contributed by atoms with Gasteiger partial charge in [-0.1, -0.05) is 37.6 Å². The number of hydrogen-bond donors (Lipinski definition) is 0. The maximum absolute atomic E-state index is 13.3. The van der Waals surface area contributed by atoms with Crippen molar-refractivity contribution in [1.82, 2.24) is 4.90 Å². The molecule has 3 aromatic carbocycles. The Morgan fingerprint density at radius 1 is 0.941 bits per heavy atom. The van der Waals surface area contributed by atoms with Crippen molar-refractivity contribution in [1.29, 1.82) is 0 Å². The molecule has 0 saturated carbocycles. The van der Waals surface area contributed by atoms with Crippen molar-refractivity contribution in [3.63, 3.8) is 0 Å². The van der Waals surface area contributed by atoms with Crippen LogP contribution < -0.4 is 4.18 Å². The van der Waals surface area contributed by atoms with Crippen molar-refractivity contribution in [3.8, 4) is 5.75 Å². The molecule has 1 amide bonds. The zero-order valence-electron chi connectivity index (χ0n) is 18.7. The third-order valence-corrected chi connectivity index (χ3v) is 6.39. The predicted octanol–water partition coefficient (Wildman–Crippen LogP) is 5.96. The van der Waals surface area contributed by atoms with Crippen molar-refractivity contribution in [2.45, 2.75) is 38.3 Å². The molecular formula is C25H24ClF2NO4S. The van der Waals surface area contributed by atoms with Gasteiger partial charge in [0.25, 0.3) is 0 Å². The summed E-state index contributed by atoms with van der Waals surface area (Å²) in [6.45, 7) is 4.02. The summed E-state index contributed by atoms with van der Waals surface area (Å²) in [6.07, 6.45) is 0.270. The van der Waals surface area contributed by atoms with E-state index in [1.807, 2.05) is 13.8 Å². The second-order valence-corrected chi connectivity index (χ2v) is 10.2. The molecule has 0 atom stereocenters. The predicted molar refractivity (Wildman–Crippen MR) is 126 cm³/mol. The molecule has 0 saturated heterocycles. The van der Waals surface area contributed by atoms with E-state index in [1.54, 1.807) is 12.1 Å². The van der Waals surface area contributed by atoms with Crippen molar-refractivity contribution in [3.05, 3.63) is 94.5 Å². The maximum atomic E-state index is 13.3. The summed E-state index contributed by atoms with van der Waals surface area (Å²) in [5.41, 5.74) is 1.08. The highest BCUT2D eigenvalue weighted by atomic mass is 35.5. The van der Waals surface area contributed by atoms with E-state index >= 15 is 0 Å². The number of benzene rings is 3. The molecule has 0 N–H and O–H groups in total. The standard InChI is InChI=1S/C25H24ClF2NO4S/c1-17(2)13-25(30)29(15-18-3-6-21(27)7-4-18)16-19-14-20(26)5-12-24(19)33-34(31,32)23-10-8-22(28)9-11-23/h3-12,14,17H,13,15-16H2,1-2H3. The van der Waals surface area contributed by atoms with Crippen LogP contribution in [0.25, 0.3) is 0 Å². The summed E-state index contributed by atoms with van der Waals surface area (Å²) in [4.78, 5) is 14.3. The molecule has 0 unspecified atom stereocenters. The molecule has 9 heteroatoms. The lowest BCUT2D eigenvalue weighted by Gasteiger charge is -2.25. The molecule has 0 bridgehead atoms. The van der Waals surface area contributed by atoms with Gasteiger partial charge in [-0.2, -0.15) is 8.42 Å². The van der Waals surface area contributed by atoms with Gasteiger partial charge in [0.1, 0.15) is 22.3 Å². The van der Waals surface area contributed by atoms with Gasteiger partial charge in [-0.3, -0.25) is 4.79 Å². The van der Waals surface area contributed by atoms with Crippen LogP contribution in [-0.4, -0.2) is 19.2 Å². The van der Waals surface area contributed by atoms with Crippen molar-refractivity contribution < 1.29 is 26.2 Å². The van der Waals surface area contributed by atoms with E-state index in [9.17, 15) is 22.0 Å². The van der Waals surface area contributed by atoms with Crippen molar-refractivity contribution >= 4 is 27.6 Å². The third kappa shape index (κ3) is 7.01. The van der Waals surface area contributed by atoms with E-state index in [-0.39, 0.29) is 47.8 Å². The molecule has 5 nitrogen and oxygen atoms in total. The molecule has 0 spiro atoms. The van der Waals surface area contributed by atoms with Gasteiger partial charge in [-0.15, -0.1) is 0 Å². The first-order valence-electron chi connectivity index (χ1n) is 10.5. The summed E-state index contributed by atoms with van der Waals surface area (Å²) in [6, 6.07) is 14.4. The van der Waals surface area contributed by atoms with Gasteiger partial charge in [0, 0.05) is 30.1 Å². The van der Waals surface area contributed by atoms with Crippen LogP contribution in [0.3, 0.4) is 0 Å². The van der Waals surface area contributed by atoms with Crippen LogP contribution in [0.1, 0.15) is 31.4 Å². The van der Waals surface area contributed by atoms with E-state index < -0.39 is 15.9 Å². The van der Waals surface area contributed by atoms with Gasteiger partial charge in [0.2, 0.25) is 5.91 Å². The van der Waals surface area contributed by atoms with Crippen molar-refractivity contribution in [2.24, 2.45) is 5.92 Å². The number of halogens is 3. The fourth-order valence-electron chi connectivity index (χ4n) is 3.25. The molecule has 34 heavy (non-hydrogen) atoms. The second-order valence-electron chi connectivity index (χ2n) is 8.22. The highest BCUT2D eigenvalue weighted by Crippen LogP contribution is 2.28. The first-order chi connectivity index (χ1) is 16.0. The minimum Gasteiger partial charge on any atom is -0.379 e. The van der Waals surface area contributed by atoms with Crippen molar-refractivity contribution in [2.75, 3.05) is 0 Å². The fourth-order valence-corrected chi connectivity index (χ4v) is 4.41. The lowest BCUT2D eigenvalue weighted by molar-refractivity contribution is -0.133. The first-order valence-corrected chi connectivity index (χ1v) is 12.3. The molecule has 0 heterocycles. The third-order valence-electron chi connectivity index (χ3n) is 4.91. The molecule has 3 rings (SSSR count). The van der Waals surface area contributed by atoms with E-state index in [1.165, 1.54) is 35.2 Å². The molecule has 0 aliphatic heterocycles. The number of rotatable bonds is 9. The van der Waals surface area contributed by atoms with Crippen LogP contribution in [0, 0.1) is 17.6 Å². The van der Waals surface area contributed by atoms with Gasteiger partial charge >= 0.3 is 10.1 Å². The molecule has 0 radical (unpaired) electrons. The van der Waals surface area contributed by atoms with Crippen LogP contribution in [-0.2, 0) is 28.0 Å². The minimum absolute atomic E-state index is 0.00446. The van der Waals surface area contributed by atoms with E-state index in [4.69, 9.17) is 15.8 Å². The number of hydrogen-bond acceptors (Lipinski definition) is 4. The summed E-state index contributed by atoms with van der Waals surface area (Å²) >= 11 is 6.16. The fraction of sp³-hybridized carbons (Fsp3) is 0.240. The average Bonchev–Trinajstić information content (AvgIpc) is 2.76. The molecule has 0 fully saturated rings. The molecule has 3 aromatic rings. The topological polar surface area (TPSA) is 63.7 Å². The first kappa shape index (κ1) is 25.6. The number of carbonyl (C=O) groups excluding carboxylic acids is 1. The molecule has 0 aliphatic carbocycles. The number of carbonyl (C=O) groups is 1. The van der Waals surface area contributed by atoms with Gasteiger partial charge < -0.3 is 9.08 Å². The lowest BCUT2D eigenvalue weighted by atomic mass is 10.1. The minimum atomic E-state index is -4.26. The Bertz CT molecular complexity index is 1250. The molecule has 0 aliphatic rings. The lowest BCUT2D eigenvalue weighted by Crippen LogP contribution is -2.31. The normalized spacial score (nSPS) is 11.5. The summed E-state index contributed by atoms with van der Waals surface area (Å²) in [5.74, 6) is -1.04. The smallest absolute Gasteiger partial charge is 0.339 e. The van der Waals surface area contributed by atoms with Gasteiger partial charge in [0.05, 0.1) is 0 Å². The van der Waals surface area contributed by atoms with E-state index in [2.05, 4.69) is 0 Å². The summed E-state index contributed by atoms with van der Waals surface area (Å²) in [7, 11) is -4.26. The van der Waals surface area contributed by atoms with E-state index in [0.29, 0.717) is 16.1 Å². The average molecular weight is 508 g/mol. The van der Waals surface area contributed by atoms with Gasteiger partial charge in [0.15, 0.2) is 0 Å². The van der Waals surface area contributed by atoms with Crippen LogP contribution in [0.5, 0.6) is 5.75 Å². The highest BCUT2D eigenvalue weighted by molar-refractivity contribution is 7.87. The molecular weight excluding hydrogens is 484 g/mol. The largest absolute Gasteiger partial charge is 0.379 e. The Balaban J connectivity index is 1.92. The summed E-state index contributed by atoms with van der Waals surface area (Å²) < 4.78 is 57.4. The van der Waals surface area contributed by atoms with Crippen LogP contribution >= 0.6 is 11.6 Å². The van der Waals surface area contributed by atoms with Crippen LogP contribution in [0.15, 0.2) is 71.6 Å². The highest BCUT2D eigenvalue weighted by Gasteiger charge is 2.22. The Morgan fingerprint density at radius 3 is 2.12 bits per heavy atom. The maximum Gasteiger partial charge on any atom is 0.339 e. The SMILES string of the molecule is CC(C)CC(=O)N(Cc1ccc(F)cc1)Cc1cc(Cl)ccc1OS(=O)(=O)c1ccc(F)cc1. The number of nitrogens with zero attached hydrogens (tertiary/aromatic N) is 1. The molecule has 0 aromatic heterocycles. The summed E-state index contributed by atoms with van der Waals surface area (Å²) in [5, 5.41) is 0.333. The van der Waals surface area contributed by atoms with Crippen LogP contribution in [0.4, 0.5) is 8.78 Å². The van der Waals surface area contributed by atoms with Gasteiger partial charge in [-0.05, 0) is 66.1 Å². The number of amides is 1. The zero-order valence-corrected chi connectivity index (χ0v) is 20.2. The monoisotopic (exact) mass is 507 g/mol. The van der Waals surface area contributed by atoms with Crippen LogP contribution in [0.2, 0.25) is 5.02 Å². The molecule has 180 valence electrons. The Hall–Kier alpha value is -2.97. The quantitative estimate of drug-likeness (QED) is 0.335. The zero-order chi connectivity index (χ0) is 24.9. The Morgan fingerprint density at radius 2 is 1.53 bits per heavy atom. The van der Waals surface area contributed by atoms with E-state index in [0.717, 1.165) is 24.3 Å². The second kappa shape index (κ2) is 11.0. The Kier molecular flexibility index (Phi) is 8.28. The van der Waals surface area contributed by atoms with Gasteiger partial charge in [-0.25, -0.2) is 8.78 Å². The Labute approximate surface area is 203 Å².